The highest BCUT2D eigenvalue weighted by Crippen LogP contribution is 2.20. The van der Waals surface area contributed by atoms with Crippen molar-refractivity contribution < 1.29 is 8.42 Å². The second-order valence-electron chi connectivity index (χ2n) is 5.25. The lowest BCUT2D eigenvalue weighted by Gasteiger charge is -2.08. The number of nitrogens with one attached hydrogen (secondary N) is 2. The summed E-state index contributed by atoms with van der Waals surface area (Å²) in [5.74, 6) is 0.858. The van der Waals surface area contributed by atoms with Crippen molar-refractivity contribution in [2.45, 2.75) is 18.2 Å². The number of aryl methyl sites for hydroxylation is 1. The van der Waals surface area contributed by atoms with Gasteiger partial charge in [-0.2, -0.15) is 0 Å². The Bertz CT molecular complexity index is 951. The van der Waals surface area contributed by atoms with E-state index in [-0.39, 0.29) is 9.92 Å². The fourth-order valence-corrected chi connectivity index (χ4v) is 3.96. The number of sulfonamides is 1. The second kappa shape index (κ2) is 6.31. The first-order chi connectivity index (χ1) is 11.0. The monoisotopic (exact) mass is 349 g/mol. The largest absolute Gasteiger partial charge is 0.342 e. The predicted octanol–water partition coefficient (Wildman–Crippen LogP) is 3.05. The highest BCUT2D eigenvalue weighted by Gasteiger charge is 2.16. The van der Waals surface area contributed by atoms with Crippen molar-refractivity contribution in [3.8, 4) is 0 Å². The zero-order valence-electron chi connectivity index (χ0n) is 12.5. The molecule has 0 bridgehead atoms. The van der Waals surface area contributed by atoms with Crippen LogP contribution in [0.2, 0.25) is 5.02 Å². The third-order valence-corrected chi connectivity index (χ3v) is 5.46. The molecule has 0 aliphatic carbocycles. The van der Waals surface area contributed by atoms with Crippen LogP contribution in [0.15, 0.2) is 47.4 Å². The molecule has 1 heterocycles. The van der Waals surface area contributed by atoms with E-state index >= 15 is 0 Å². The number of fused-ring (bicyclic) bond motifs is 1. The quantitative estimate of drug-likeness (QED) is 0.743. The van der Waals surface area contributed by atoms with Crippen molar-refractivity contribution in [2.75, 3.05) is 6.54 Å². The molecular weight excluding hydrogens is 334 g/mol. The van der Waals surface area contributed by atoms with Gasteiger partial charge in [-0.25, -0.2) is 18.1 Å². The van der Waals surface area contributed by atoms with Gasteiger partial charge in [-0.15, -0.1) is 0 Å². The molecule has 2 N–H and O–H groups in total. The van der Waals surface area contributed by atoms with Crippen LogP contribution >= 0.6 is 11.6 Å². The molecule has 0 amide bonds. The molecule has 120 valence electrons. The van der Waals surface area contributed by atoms with Gasteiger partial charge in [-0.05, 0) is 43.2 Å². The van der Waals surface area contributed by atoms with Crippen LogP contribution in [0.4, 0.5) is 0 Å². The molecule has 0 saturated carbocycles. The number of nitrogens with zero attached hydrogens (tertiary/aromatic N) is 1. The molecule has 0 spiro atoms. The summed E-state index contributed by atoms with van der Waals surface area (Å²) >= 11 is 5.94. The number of H-pyrrole nitrogens is 1. The Morgan fingerprint density at radius 3 is 2.78 bits per heavy atom. The fraction of sp³-hybridized carbons (Fsp3) is 0.188. The van der Waals surface area contributed by atoms with E-state index in [0.717, 1.165) is 22.4 Å². The van der Waals surface area contributed by atoms with E-state index in [4.69, 9.17) is 11.6 Å². The van der Waals surface area contributed by atoms with Crippen molar-refractivity contribution in [3.05, 3.63) is 58.9 Å². The topological polar surface area (TPSA) is 74.8 Å². The van der Waals surface area contributed by atoms with E-state index in [1.807, 2.05) is 25.1 Å². The van der Waals surface area contributed by atoms with Crippen LogP contribution in [0.3, 0.4) is 0 Å². The third kappa shape index (κ3) is 3.55. The van der Waals surface area contributed by atoms with Gasteiger partial charge in [0.2, 0.25) is 10.0 Å². The van der Waals surface area contributed by atoms with Gasteiger partial charge in [0.05, 0.1) is 16.1 Å². The van der Waals surface area contributed by atoms with Crippen LogP contribution in [0.5, 0.6) is 0 Å². The van der Waals surface area contributed by atoms with E-state index in [1.165, 1.54) is 6.07 Å². The maximum atomic E-state index is 12.2. The molecule has 23 heavy (non-hydrogen) atoms. The lowest BCUT2D eigenvalue weighted by atomic mass is 10.1. The number of aromatic amines is 1. The molecule has 1 aromatic heterocycles. The first kappa shape index (κ1) is 16.0. The average Bonchev–Trinajstić information content (AvgIpc) is 2.86. The molecule has 0 aliphatic heterocycles. The standard InChI is InChI=1S/C16H16ClN3O2S/c1-11-19-14-7-6-12(10-15(14)20-11)8-9-18-23(21,22)16-5-3-2-4-13(16)17/h2-7,10,18H,8-9H2,1H3,(H,19,20). The van der Waals surface area contributed by atoms with Gasteiger partial charge in [0.15, 0.2) is 0 Å². The van der Waals surface area contributed by atoms with Gasteiger partial charge >= 0.3 is 0 Å². The Morgan fingerprint density at radius 2 is 2.00 bits per heavy atom. The lowest BCUT2D eigenvalue weighted by molar-refractivity contribution is 0.581. The summed E-state index contributed by atoms with van der Waals surface area (Å²) in [5, 5.41) is 0.217. The Morgan fingerprint density at radius 1 is 1.22 bits per heavy atom. The fourth-order valence-electron chi connectivity index (χ4n) is 2.41. The van der Waals surface area contributed by atoms with E-state index in [1.54, 1.807) is 18.2 Å². The summed E-state index contributed by atoms with van der Waals surface area (Å²) < 4.78 is 27.1. The minimum Gasteiger partial charge on any atom is -0.342 e. The molecule has 0 saturated heterocycles. The number of rotatable bonds is 5. The number of hydrogen-bond donors (Lipinski definition) is 2. The van der Waals surface area contributed by atoms with Crippen LogP contribution in [0.1, 0.15) is 11.4 Å². The van der Waals surface area contributed by atoms with Crippen molar-refractivity contribution in [1.82, 2.24) is 14.7 Å². The van der Waals surface area contributed by atoms with Crippen LogP contribution in [0, 0.1) is 6.92 Å². The first-order valence-electron chi connectivity index (χ1n) is 7.15. The average molecular weight is 350 g/mol. The molecule has 0 aliphatic rings. The molecular formula is C16H16ClN3O2S. The van der Waals surface area contributed by atoms with E-state index in [9.17, 15) is 8.42 Å². The highest BCUT2D eigenvalue weighted by atomic mass is 35.5. The summed E-state index contributed by atoms with van der Waals surface area (Å²) in [5.41, 5.74) is 2.89. The Labute approximate surface area is 139 Å². The number of aromatic nitrogens is 2. The SMILES string of the molecule is Cc1nc2ccc(CCNS(=O)(=O)c3ccccc3Cl)cc2[nH]1. The zero-order valence-corrected chi connectivity index (χ0v) is 14.1. The van der Waals surface area contributed by atoms with Gasteiger partial charge in [0.1, 0.15) is 10.7 Å². The van der Waals surface area contributed by atoms with Crippen LogP contribution in [-0.4, -0.2) is 24.9 Å². The van der Waals surface area contributed by atoms with Crippen molar-refractivity contribution >= 4 is 32.7 Å². The molecule has 3 rings (SSSR count). The minimum absolute atomic E-state index is 0.0984. The van der Waals surface area contributed by atoms with Gasteiger partial charge in [0, 0.05) is 6.54 Å². The number of benzene rings is 2. The summed E-state index contributed by atoms with van der Waals surface area (Å²) in [4.78, 5) is 7.61. The Kier molecular flexibility index (Phi) is 4.39. The molecule has 5 nitrogen and oxygen atoms in total. The molecule has 0 atom stereocenters. The van der Waals surface area contributed by atoms with Crippen LogP contribution in [-0.2, 0) is 16.4 Å². The molecule has 2 aromatic carbocycles. The Hall–Kier alpha value is -1.89. The summed E-state index contributed by atoms with van der Waals surface area (Å²) in [6.07, 6.45) is 0.581. The number of hydrogen-bond acceptors (Lipinski definition) is 3. The smallest absolute Gasteiger partial charge is 0.242 e. The van der Waals surface area contributed by atoms with Crippen molar-refractivity contribution in [2.24, 2.45) is 0 Å². The first-order valence-corrected chi connectivity index (χ1v) is 9.01. The number of halogens is 1. The highest BCUT2D eigenvalue weighted by molar-refractivity contribution is 7.89. The maximum absolute atomic E-state index is 12.2. The van der Waals surface area contributed by atoms with E-state index < -0.39 is 10.0 Å². The van der Waals surface area contributed by atoms with Crippen LogP contribution < -0.4 is 4.72 Å². The molecule has 0 unspecified atom stereocenters. The lowest BCUT2D eigenvalue weighted by Crippen LogP contribution is -2.26. The molecule has 0 fully saturated rings. The van der Waals surface area contributed by atoms with Crippen molar-refractivity contribution in [1.29, 1.82) is 0 Å². The Balaban J connectivity index is 1.69. The molecule has 3 aromatic rings. The zero-order chi connectivity index (χ0) is 16.4. The van der Waals surface area contributed by atoms with Gasteiger partial charge in [-0.3, -0.25) is 0 Å². The summed E-state index contributed by atoms with van der Waals surface area (Å²) in [6, 6.07) is 12.3. The summed E-state index contributed by atoms with van der Waals surface area (Å²) in [6.45, 7) is 2.20. The van der Waals surface area contributed by atoms with Crippen molar-refractivity contribution in [3.63, 3.8) is 0 Å². The van der Waals surface area contributed by atoms with Crippen LogP contribution in [0.25, 0.3) is 11.0 Å². The third-order valence-electron chi connectivity index (χ3n) is 3.50. The summed E-state index contributed by atoms with van der Waals surface area (Å²) in [7, 11) is -3.60. The molecule has 0 radical (unpaired) electrons. The molecule has 7 heteroatoms. The van der Waals surface area contributed by atoms with E-state index in [0.29, 0.717) is 13.0 Å². The van der Waals surface area contributed by atoms with Gasteiger partial charge in [-0.1, -0.05) is 29.8 Å². The number of imidazole rings is 1. The van der Waals surface area contributed by atoms with Gasteiger partial charge in [0.25, 0.3) is 0 Å². The maximum Gasteiger partial charge on any atom is 0.242 e. The second-order valence-corrected chi connectivity index (χ2v) is 7.39. The minimum atomic E-state index is -3.60. The van der Waals surface area contributed by atoms with Gasteiger partial charge < -0.3 is 4.98 Å². The normalized spacial score (nSPS) is 11.9. The predicted molar refractivity (Wildman–Crippen MR) is 91.2 cm³/mol. The van der Waals surface area contributed by atoms with E-state index in [2.05, 4.69) is 14.7 Å².